The highest BCUT2D eigenvalue weighted by Crippen LogP contribution is 2.30. The summed E-state index contributed by atoms with van der Waals surface area (Å²) in [5.74, 6) is -0.202. The lowest BCUT2D eigenvalue weighted by Gasteiger charge is -2.48. The Balaban J connectivity index is 1.71. The number of nitrogens with two attached hydrogens (primary N) is 1. The van der Waals surface area contributed by atoms with Gasteiger partial charge in [-0.1, -0.05) is 25.1 Å². The minimum absolute atomic E-state index is 0.0719. The molecule has 6 heteroatoms. The van der Waals surface area contributed by atoms with E-state index < -0.39 is 0 Å². The molecule has 142 valence electrons. The van der Waals surface area contributed by atoms with E-state index in [2.05, 4.69) is 18.7 Å². The lowest BCUT2D eigenvalue weighted by Crippen LogP contribution is -2.64. The predicted molar refractivity (Wildman–Crippen MR) is 101 cm³/mol. The van der Waals surface area contributed by atoms with Gasteiger partial charge >= 0.3 is 5.97 Å². The van der Waals surface area contributed by atoms with Crippen LogP contribution in [0.1, 0.15) is 32.8 Å². The third-order valence-corrected chi connectivity index (χ3v) is 5.60. The molecule has 0 spiro atoms. The monoisotopic (exact) mass is 359 g/mol. The van der Waals surface area contributed by atoms with Crippen LogP contribution >= 0.6 is 0 Å². The first-order valence-electron chi connectivity index (χ1n) is 9.26. The van der Waals surface area contributed by atoms with Crippen LogP contribution < -0.4 is 10.6 Å². The summed E-state index contributed by atoms with van der Waals surface area (Å²) in [7, 11) is 0. The molecule has 2 N–H and O–H groups in total. The van der Waals surface area contributed by atoms with Crippen molar-refractivity contribution in [1.29, 1.82) is 0 Å². The lowest BCUT2D eigenvalue weighted by atomic mass is 9.95. The second kappa shape index (κ2) is 7.00. The number of amides is 1. The Kier molecular flexibility index (Phi) is 5.08. The smallest absolute Gasteiger partial charge is 0.309 e. The van der Waals surface area contributed by atoms with Crippen LogP contribution in [-0.2, 0) is 14.3 Å². The van der Waals surface area contributed by atoms with Crippen molar-refractivity contribution in [3.05, 3.63) is 29.8 Å². The minimum Gasteiger partial charge on any atom is -0.460 e. The summed E-state index contributed by atoms with van der Waals surface area (Å²) >= 11 is 0. The van der Waals surface area contributed by atoms with Crippen LogP contribution in [0.15, 0.2) is 24.3 Å². The number of aryl methyl sites for hydroxylation is 1. The van der Waals surface area contributed by atoms with Crippen LogP contribution in [0.5, 0.6) is 0 Å². The van der Waals surface area contributed by atoms with Crippen molar-refractivity contribution in [2.24, 2.45) is 11.7 Å². The fraction of sp³-hybridized carbons (Fsp3) is 0.600. The Morgan fingerprint density at radius 2 is 2.00 bits per heavy atom. The van der Waals surface area contributed by atoms with Crippen molar-refractivity contribution in [3.8, 4) is 0 Å². The van der Waals surface area contributed by atoms with Gasteiger partial charge in [-0.15, -0.1) is 0 Å². The van der Waals surface area contributed by atoms with Gasteiger partial charge in [0.15, 0.2) is 0 Å². The van der Waals surface area contributed by atoms with E-state index in [-0.39, 0.29) is 35.5 Å². The number of hydrogen-bond donors (Lipinski definition) is 1. The first-order chi connectivity index (χ1) is 12.2. The maximum absolute atomic E-state index is 12.8. The van der Waals surface area contributed by atoms with E-state index in [0.717, 1.165) is 11.3 Å². The molecule has 26 heavy (non-hydrogen) atoms. The topological polar surface area (TPSA) is 75.9 Å². The fourth-order valence-electron chi connectivity index (χ4n) is 3.83. The number of anilines is 1. The first kappa shape index (κ1) is 18.9. The molecular formula is C20H29N3O3. The number of rotatable bonds is 4. The largest absolute Gasteiger partial charge is 0.460 e. The standard InChI is InChI=1S/C20H29N3O3/c1-13-7-5-6-8-16(13)23-12-20(3,4)22(11-18(23)24)10-15(21)17-9-14(2)19(25)26-17/h5-8,14-15,17H,9-12,21H2,1-4H3/t14-,15?,17+/m1/s1. The third-order valence-electron chi connectivity index (χ3n) is 5.60. The van der Waals surface area contributed by atoms with Gasteiger partial charge in [-0.25, -0.2) is 0 Å². The summed E-state index contributed by atoms with van der Waals surface area (Å²) in [4.78, 5) is 28.4. The van der Waals surface area contributed by atoms with Gasteiger partial charge in [0.25, 0.3) is 0 Å². The zero-order valence-corrected chi connectivity index (χ0v) is 16.1. The zero-order chi connectivity index (χ0) is 19.1. The molecule has 1 amide bonds. The number of carbonyl (C=O) groups excluding carboxylic acids is 2. The molecule has 1 aromatic carbocycles. The van der Waals surface area contributed by atoms with Crippen LogP contribution in [-0.4, -0.2) is 54.1 Å². The van der Waals surface area contributed by atoms with Crippen LogP contribution in [0.3, 0.4) is 0 Å². The summed E-state index contributed by atoms with van der Waals surface area (Å²) in [6, 6.07) is 7.66. The van der Waals surface area contributed by atoms with E-state index in [1.807, 2.05) is 43.0 Å². The molecule has 2 aliphatic heterocycles. The molecular weight excluding hydrogens is 330 g/mol. The highest BCUT2D eigenvalue weighted by atomic mass is 16.6. The zero-order valence-electron chi connectivity index (χ0n) is 16.1. The average molecular weight is 359 g/mol. The van der Waals surface area contributed by atoms with Gasteiger partial charge in [0.1, 0.15) is 6.10 Å². The van der Waals surface area contributed by atoms with Crippen molar-refractivity contribution >= 4 is 17.6 Å². The number of ether oxygens (including phenoxy) is 1. The van der Waals surface area contributed by atoms with Crippen molar-refractivity contribution in [3.63, 3.8) is 0 Å². The van der Waals surface area contributed by atoms with E-state index in [0.29, 0.717) is 26.1 Å². The highest BCUT2D eigenvalue weighted by molar-refractivity contribution is 5.96. The molecule has 1 unspecified atom stereocenters. The number of hydrogen-bond acceptors (Lipinski definition) is 5. The summed E-state index contributed by atoms with van der Waals surface area (Å²) in [5.41, 5.74) is 8.16. The summed E-state index contributed by atoms with van der Waals surface area (Å²) < 4.78 is 5.39. The molecule has 6 nitrogen and oxygen atoms in total. The van der Waals surface area contributed by atoms with Crippen molar-refractivity contribution < 1.29 is 14.3 Å². The molecule has 2 saturated heterocycles. The quantitative estimate of drug-likeness (QED) is 0.828. The molecule has 0 bridgehead atoms. The van der Waals surface area contributed by atoms with Crippen LogP contribution in [0.2, 0.25) is 0 Å². The van der Waals surface area contributed by atoms with Gasteiger partial charge in [0.05, 0.1) is 18.5 Å². The maximum Gasteiger partial charge on any atom is 0.309 e. The van der Waals surface area contributed by atoms with Gasteiger partial charge in [-0.3, -0.25) is 14.5 Å². The molecule has 2 heterocycles. The Bertz CT molecular complexity index is 703. The third kappa shape index (κ3) is 3.62. The molecule has 0 saturated carbocycles. The van der Waals surface area contributed by atoms with Crippen molar-refractivity contribution in [1.82, 2.24) is 4.90 Å². The number of piperazine rings is 1. The van der Waals surface area contributed by atoms with Crippen molar-refractivity contribution in [2.75, 3.05) is 24.5 Å². The average Bonchev–Trinajstić information content (AvgIpc) is 2.91. The van der Waals surface area contributed by atoms with E-state index in [1.54, 1.807) is 0 Å². The number of esters is 1. The number of para-hydroxylation sites is 1. The fourth-order valence-corrected chi connectivity index (χ4v) is 3.83. The van der Waals surface area contributed by atoms with Gasteiger partial charge < -0.3 is 15.4 Å². The second-order valence-electron chi connectivity index (χ2n) is 8.24. The van der Waals surface area contributed by atoms with Gasteiger partial charge in [-0.2, -0.15) is 0 Å². The number of carbonyl (C=O) groups is 2. The normalized spacial score (nSPS) is 27.5. The molecule has 0 radical (unpaired) electrons. The summed E-state index contributed by atoms with van der Waals surface area (Å²) in [6.45, 7) is 9.58. The van der Waals surface area contributed by atoms with E-state index in [9.17, 15) is 9.59 Å². The van der Waals surface area contributed by atoms with Crippen LogP contribution in [0.4, 0.5) is 5.69 Å². The van der Waals surface area contributed by atoms with Crippen LogP contribution in [0, 0.1) is 12.8 Å². The van der Waals surface area contributed by atoms with E-state index >= 15 is 0 Å². The number of benzene rings is 1. The molecule has 0 aromatic heterocycles. The maximum atomic E-state index is 12.8. The van der Waals surface area contributed by atoms with E-state index in [1.165, 1.54) is 0 Å². The van der Waals surface area contributed by atoms with Gasteiger partial charge in [0, 0.05) is 24.3 Å². The molecule has 3 atom stereocenters. The Labute approximate surface area is 155 Å². The Morgan fingerprint density at radius 1 is 1.31 bits per heavy atom. The summed E-state index contributed by atoms with van der Waals surface area (Å²) in [6.07, 6.45) is 0.384. The Hall–Kier alpha value is -1.92. The van der Waals surface area contributed by atoms with Gasteiger partial charge in [-0.05, 0) is 38.8 Å². The predicted octanol–water partition coefficient (Wildman–Crippen LogP) is 1.70. The minimum atomic E-state index is -0.291. The lowest BCUT2D eigenvalue weighted by molar-refractivity contribution is -0.145. The van der Waals surface area contributed by atoms with E-state index in [4.69, 9.17) is 10.5 Å². The number of cyclic esters (lactones) is 1. The highest BCUT2D eigenvalue weighted by Gasteiger charge is 2.42. The molecule has 2 aliphatic rings. The Morgan fingerprint density at radius 3 is 2.62 bits per heavy atom. The molecule has 0 aliphatic carbocycles. The SMILES string of the molecule is Cc1ccccc1N1CC(C)(C)N(CC(N)[C@@H]2C[C@@H](C)C(=O)O2)CC1=O. The molecule has 3 rings (SSSR count). The van der Waals surface area contributed by atoms with Crippen LogP contribution in [0.25, 0.3) is 0 Å². The number of nitrogens with zero attached hydrogens (tertiary/aromatic N) is 2. The van der Waals surface area contributed by atoms with Crippen molar-refractivity contribution in [2.45, 2.75) is 51.8 Å². The molecule has 1 aromatic rings. The molecule has 2 fully saturated rings. The summed E-state index contributed by atoms with van der Waals surface area (Å²) in [5, 5.41) is 0. The van der Waals surface area contributed by atoms with Gasteiger partial charge in [0.2, 0.25) is 5.91 Å². The first-order valence-corrected chi connectivity index (χ1v) is 9.26. The second-order valence-corrected chi connectivity index (χ2v) is 8.24.